The monoisotopic (exact) mass is 288 g/mol. The molecule has 2 fully saturated rings. The first-order chi connectivity index (χ1) is 9.78. The molecule has 1 N–H and O–H groups in total. The van der Waals surface area contributed by atoms with Crippen LogP contribution in [0.25, 0.3) is 0 Å². The summed E-state index contributed by atoms with van der Waals surface area (Å²) in [6.45, 7) is 7.38. The highest BCUT2D eigenvalue weighted by molar-refractivity contribution is 7.99. The number of rotatable bonds is 6. The van der Waals surface area contributed by atoms with Gasteiger partial charge in [-0.1, -0.05) is 18.2 Å². The molecule has 3 rings (SSSR count). The van der Waals surface area contributed by atoms with Crippen molar-refractivity contribution in [1.29, 1.82) is 0 Å². The first-order valence-electron chi connectivity index (χ1n) is 7.63. The van der Waals surface area contributed by atoms with Crippen molar-refractivity contribution < 1.29 is 0 Å². The van der Waals surface area contributed by atoms with E-state index in [4.69, 9.17) is 0 Å². The second-order valence-corrected chi connectivity index (χ2v) is 7.01. The molecule has 20 heavy (non-hydrogen) atoms. The molecule has 1 aromatic rings. The van der Waals surface area contributed by atoms with Crippen LogP contribution in [0.4, 0.5) is 5.69 Å². The first-order valence-corrected chi connectivity index (χ1v) is 8.61. The van der Waals surface area contributed by atoms with Crippen LogP contribution in [0.15, 0.2) is 41.8 Å². The molecule has 1 heterocycles. The maximum atomic E-state index is 3.81. The molecule has 2 unspecified atom stereocenters. The molecule has 0 bridgehead atoms. The number of hydrogen-bond acceptors (Lipinski definition) is 3. The Kier molecular flexibility index (Phi) is 4.37. The summed E-state index contributed by atoms with van der Waals surface area (Å²) < 4.78 is 0. The molecule has 1 aliphatic carbocycles. The van der Waals surface area contributed by atoms with Crippen molar-refractivity contribution in [1.82, 2.24) is 4.90 Å². The van der Waals surface area contributed by atoms with Gasteiger partial charge in [0.2, 0.25) is 0 Å². The summed E-state index contributed by atoms with van der Waals surface area (Å²) in [5, 5.41) is 3.76. The fourth-order valence-corrected chi connectivity index (χ4v) is 3.91. The molecule has 3 heteroatoms. The highest BCUT2D eigenvalue weighted by Gasteiger charge is 2.38. The molecule has 2 nitrogen and oxygen atoms in total. The molecule has 0 radical (unpaired) electrons. The molecule has 2 atom stereocenters. The molecule has 2 aliphatic rings. The van der Waals surface area contributed by atoms with Gasteiger partial charge in [0.05, 0.1) is 0 Å². The summed E-state index contributed by atoms with van der Waals surface area (Å²) in [4.78, 5) is 4.03. The molecule has 0 aromatic heterocycles. The smallest absolute Gasteiger partial charge is 0.0481 e. The summed E-state index contributed by atoms with van der Waals surface area (Å²) in [6.07, 6.45) is 6.04. The Morgan fingerprint density at radius 2 is 2.20 bits per heavy atom. The standard InChI is InChI=1S/C17H24N2S/c1-3-10-20-17-7-5-4-6-16(17)18-14-11-13(2)19(12-14)15-8-9-15/h3-7,13-15,18H,1,8-12H2,2H3. The van der Waals surface area contributed by atoms with Crippen molar-refractivity contribution in [3.63, 3.8) is 0 Å². The van der Waals surface area contributed by atoms with Gasteiger partial charge in [0.1, 0.15) is 0 Å². The van der Waals surface area contributed by atoms with Gasteiger partial charge in [-0.25, -0.2) is 0 Å². The Hall–Kier alpha value is -0.930. The van der Waals surface area contributed by atoms with E-state index in [0.29, 0.717) is 6.04 Å². The second-order valence-electron chi connectivity index (χ2n) is 5.95. The topological polar surface area (TPSA) is 15.3 Å². The Morgan fingerprint density at radius 1 is 1.40 bits per heavy atom. The van der Waals surface area contributed by atoms with E-state index in [0.717, 1.165) is 17.8 Å². The van der Waals surface area contributed by atoms with Crippen LogP contribution in [0.2, 0.25) is 0 Å². The normalized spacial score (nSPS) is 26.6. The van der Waals surface area contributed by atoms with Crippen LogP contribution < -0.4 is 5.32 Å². The Bertz CT molecular complexity index is 470. The molecule has 0 amide bonds. The minimum atomic E-state index is 0.594. The third kappa shape index (κ3) is 3.21. The second kappa shape index (κ2) is 6.23. The summed E-state index contributed by atoms with van der Waals surface area (Å²) >= 11 is 1.86. The van der Waals surface area contributed by atoms with Gasteiger partial charge >= 0.3 is 0 Å². The van der Waals surface area contributed by atoms with Crippen molar-refractivity contribution in [2.24, 2.45) is 0 Å². The van der Waals surface area contributed by atoms with Gasteiger partial charge in [0, 0.05) is 41.0 Å². The number of benzene rings is 1. The number of para-hydroxylation sites is 1. The summed E-state index contributed by atoms with van der Waals surface area (Å²) in [7, 11) is 0. The minimum absolute atomic E-state index is 0.594. The number of likely N-dealkylation sites (tertiary alicyclic amines) is 1. The van der Waals surface area contributed by atoms with Gasteiger partial charge in [-0.15, -0.1) is 18.3 Å². The van der Waals surface area contributed by atoms with Gasteiger partial charge in [0.25, 0.3) is 0 Å². The van der Waals surface area contributed by atoms with Crippen LogP contribution in [0.5, 0.6) is 0 Å². The zero-order valence-corrected chi connectivity index (χ0v) is 13.0. The highest BCUT2D eigenvalue weighted by atomic mass is 32.2. The predicted molar refractivity (Wildman–Crippen MR) is 88.6 cm³/mol. The highest BCUT2D eigenvalue weighted by Crippen LogP contribution is 2.35. The lowest BCUT2D eigenvalue weighted by molar-refractivity contribution is 0.257. The van der Waals surface area contributed by atoms with Crippen LogP contribution in [0, 0.1) is 0 Å². The van der Waals surface area contributed by atoms with E-state index in [1.54, 1.807) is 0 Å². The van der Waals surface area contributed by atoms with Crippen LogP contribution >= 0.6 is 11.8 Å². The van der Waals surface area contributed by atoms with E-state index in [2.05, 4.69) is 48.0 Å². The quantitative estimate of drug-likeness (QED) is 0.629. The Balaban J connectivity index is 1.64. The zero-order chi connectivity index (χ0) is 13.9. The molecule has 1 aromatic carbocycles. The number of thioether (sulfide) groups is 1. The number of nitrogens with zero attached hydrogens (tertiary/aromatic N) is 1. The fourth-order valence-electron chi connectivity index (χ4n) is 3.16. The molecule has 1 saturated carbocycles. The van der Waals surface area contributed by atoms with E-state index in [9.17, 15) is 0 Å². The van der Waals surface area contributed by atoms with Crippen LogP contribution in [0.3, 0.4) is 0 Å². The number of hydrogen-bond donors (Lipinski definition) is 1. The van der Waals surface area contributed by atoms with Gasteiger partial charge < -0.3 is 5.32 Å². The molecule has 1 saturated heterocycles. The molecule has 108 valence electrons. The predicted octanol–water partition coefficient (Wildman–Crippen LogP) is 4.00. The van der Waals surface area contributed by atoms with Crippen molar-refractivity contribution in [2.75, 3.05) is 17.6 Å². The average Bonchev–Trinajstić information content (AvgIpc) is 3.22. The van der Waals surface area contributed by atoms with Gasteiger partial charge in [-0.05, 0) is 38.3 Å². The first kappa shape index (κ1) is 14.0. The lowest BCUT2D eigenvalue weighted by Gasteiger charge is -2.20. The Morgan fingerprint density at radius 3 is 2.95 bits per heavy atom. The van der Waals surface area contributed by atoms with Crippen LogP contribution in [-0.4, -0.2) is 35.3 Å². The van der Waals surface area contributed by atoms with Crippen LogP contribution in [-0.2, 0) is 0 Å². The van der Waals surface area contributed by atoms with Gasteiger partial charge in [0.15, 0.2) is 0 Å². The summed E-state index contributed by atoms with van der Waals surface area (Å²) in [6, 6.07) is 10.8. The van der Waals surface area contributed by atoms with Gasteiger partial charge in [-0.2, -0.15) is 0 Å². The largest absolute Gasteiger partial charge is 0.380 e. The molecular formula is C17H24N2S. The Labute approximate surface area is 126 Å². The third-order valence-electron chi connectivity index (χ3n) is 4.24. The van der Waals surface area contributed by atoms with E-state index < -0.39 is 0 Å². The van der Waals surface area contributed by atoms with E-state index in [1.807, 2.05) is 17.8 Å². The summed E-state index contributed by atoms with van der Waals surface area (Å²) in [5.74, 6) is 0.966. The maximum absolute atomic E-state index is 3.81. The molecule has 1 aliphatic heterocycles. The maximum Gasteiger partial charge on any atom is 0.0481 e. The van der Waals surface area contributed by atoms with E-state index in [1.165, 1.54) is 36.4 Å². The van der Waals surface area contributed by atoms with Gasteiger partial charge in [-0.3, -0.25) is 4.90 Å². The van der Waals surface area contributed by atoms with Crippen molar-refractivity contribution in [2.45, 2.75) is 49.2 Å². The van der Waals surface area contributed by atoms with E-state index in [-0.39, 0.29) is 0 Å². The third-order valence-corrected chi connectivity index (χ3v) is 5.31. The lowest BCUT2D eigenvalue weighted by atomic mass is 10.2. The van der Waals surface area contributed by atoms with Crippen LogP contribution in [0.1, 0.15) is 26.2 Å². The van der Waals surface area contributed by atoms with Crippen molar-refractivity contribution in [3.05, 3.63) is 36.9 Å². The zero-order valence-electron chi connectivity index (χ0n) is 12.2. The van der Waals surface area contributed by atoms with E-state index >= 15 is 0 Å². The summed E-state index contributed by atoms with van der Waals surface area (Å²) in [5.41, 5.74) is 1.29. The average molecular weight is 288 g/mol. The fraction of sp³-hybridized carbons (Fsp3) is 0.529. The molecule has 0 spiro atoms. The SMILES string of the molecule is C=CCSc1ccccc1NC1CC(C)N(C2CC2)C1. The lowest BCUT2D eigenvalue weighted by Crippen LogP contribution is -2.31. The van der Waals surface area contributed by atoms with Crippen molar-refractivity contribution >= 4 is 17.4 Å². The number of nitrogens with one attached hydrogen (secondary N) is 1. The van der Waals surface area contributed by atoms with Crippen molar-refractivity contribution in [3.8, 4) is 0 Å². The minimum Gasteiger partial charge on any atom is -0.380 e. The molecular weight excluding hydrogens is 264 g/mol. The number of anilines is 1.